The molecule has 2 rings (SSSR count). The van der Waals surface area contributed by atoms with Crippen LogP contribution in [-0.2, 0) is 16.0 Å². The maximum atomic E-state index is 10.6. The number of pyridine rings is 1. The number of carbonyl (C=O) groups is 1. The Balaban J connectivity index is 2.11. The van der Waals surface area contributed by atoms with Gasteiger partial charge in [-0.15, -0.1) is 0 Å². The lowest BCUT2D eigenvalue weighted by Gasteiger charge is -2.27. The topological polar surface area (TPSA) is 62.7 Å². The lowest BCUT2D eigenvalue weighted by molar-refractivity contribution is -0.136. The van der Waals surface area contributed by atoms with Crippen LogP contribution < -0.4 is 4.90 Å². The molecule has 0 aliphatic carbocycles. The molecule has 1 N–H and O–H groups in total. The van der Waals surface area contributed by atoms with Crippen molar-refractivity contribution in [3.8, 4) is 0 Å². The predicted molar refractivity (Wildman–Crippen MR) is 58.6 cm³/mol. The summed E-state index contributed by atoms with van der Waals surface area (Å²) < 4.78 is 5.25. The molecular formula is C11H14N2O3. The maximum Gasteiger partial charge on any atom is 0.309 e. The number of ether oxygens (including phenoxy) is 1. The molecule has 5 heteroatoms. The van der Waals surface area contributed by atoms with Gasteiger partial charge in [0.05, 0.1) is 25.3 Å². The number of morpholine rings is 1. The first kappa shape index (κ1) is 10.9. The first-order valence-electron chi connectivity index (χ1n) is 5.26. The van der Waals surface area contributed by atoms with Crippen LogP contribution in [0.4, 0.5) is 5.82 Å². The summed E-state index contributed by atoms with van der Waals surface area (Å²) in [6.07, 6.45) is -0.0296. The van der Waals surface area contributed by atoms with Crippen LogP contribution >= 0.6 is 0 Å². The zero-order valence-corrected chi connectivity index (χ0v) is 8.93. The number of rotatable bonds is 3. The second kappa shape index (κ2) is 4.94. The number of nitrogens with zero attached hydrogens (tertiary/aromatic N) is 2. The van der Waals surface area contributed by atoms with Crippen molar-refractivity contribution in [1.82, 2.24) is 4.98 Å². The van der Waals surface area contributed by atoms with Crippen molar-refractivity contribution in [1.29, 1.82) is 0 Å². The van der Waals surface area contributed by atoms with E-state index in [1.807, 2.05) is 12.1 Å². The molecule has 1 aliphatic rings. The Hall–Kier alpha value is -1.62. The molecular weight excluding hydrogens is 208 g/mol. The molecule has 5 nitrogen and oxygen atoms in total. The molecule has 1 aliphatic heterocycles. The standard InChI is InChI=1S/C11H14N2O3/c14-11(15)8-9-2-1-3-10(12-9)13-4-6-16-7-5-13/h1-3H,4-8H2,(H,14,15). The number of anilines is 1. The van der Waals surface area contributed by atoms with Crippen LogP contribution in [0.1, 0.15) is 5.69 Å². The fraction of sp³-hybridized carbons (Fsp3) is 0.455. The summed E-state index contributed by atoms with van der Waals surface area (Å²) in [4.78, 5) is 17.0. The second-order valence-corrected chi connectivity index (χ2v) is 3.66. The van der Waals surface area contributed by atoms with E-state index >= 15 is 0 Å². The molecule has 2 heterocycles. The monoisotopic (exact) mass is 222 g/mol. The van der Waals surface area contributed by atoms with Gasteiger partial charge in [0.2, 0.25) is 0 Å². The highest BCUT2D eigenvalue weighted by Gasteiger charge is 2.12. The van der Waals surface area contributed by atoms with E-state index in [1.165, 1.54) is 0 Å². The van der Waals surface area contributed by atoms with E-state index in [1.54, 1.807) is 6.07 Å². The van der Waals surface area contributed by atoms with Crippen LogP contribution in [0.2, 0.25) is 0 Å². The van der Waals surface area contributed by atoms with E-state index in [-0.39, 0.29) is 6.42 Å². The van der Waals surface area contributed by atoms with E-state index < -0.39 is 5.97 Å². The maximum absolute atomic E-state index is 10.6. The number of hydrogen-bond acceptors (Lipinski definition) is 4. The molecule has 0 aromatic carbocycles. The molecule has 0 bridgehead atoms. The molecule has 1 aromatic rings. The van der Waals surface area contributed by atoms with Crippen molar-refractivity contribution in [3.63, 3.8) is 0 Å². The highest BCUT2D eigenvalue weighted by molar-refractivity contribution is 5.69. The third-order valence-corrected chi connectivity index (χ3v) is 2.46. The molecule has 0 radical (unpaired) electrons. The largest absolute Gasteiger partial charge is 0.481 e. The highest BCUT2D eigenvalue weighted by atomic mass is 16.5. The van der Waals surface area contributed by atoms with Crippen LogP contribution in [-0.4, -0.2) is 42.4 Å². The van der Waals surface area contributed by atoms with Crippen molar-refractivity contribution in [2.75, 3.05) is 31.2 Å². The molecule has 0 atom stereocenters. The predicted octanol–water partition coefficient (Wildman–Crippen LogP) is 0.545. The van der Waals surface area contributed by atoms with Gasteiger partial charge in [-0.25, -0.2) is 4.98 Å². The second-order valence-electron chi connectivity index (χ2n) is 3.66. The van der Waals surface area contributed by atoms with E-state index in [0.717, 1.165) is 18.9 Å². The Labute approximate surface area is 93.7 Å². The number of aliphatic carboxylic acids is 1. The van der Waals surface area contributed by atoms with Gasteiger partial charge in [0.1, 0.15) is 5.82 Å². The van der Waals surface area contributed by atoms with Crippen LogP contribution in [0, 0.1) is 0 Å². The van der Waals surface area contributed by atoms with E-state index in [9.17, 15) is 4.79 Å². The van der Waals surface area contributed by atoms with Crippen molar-refractivity contribution < 1.29 is 14.6 Å². The van der Waals surface area contributed by atoms with Crippen molar-refractivity contribution in [3.05, 3.63) is 23.9 Å². The van der Waals surface area contributed by atoms with Gasteiger partial charge in [-0.3, -0.25) is 4.79 Å². The lowest BCUT2D eigenvalue weighted by Crippen LogP contribution is -2.36. The highest BCUT2D eigenvalue weighted by Crippen LogP contribution is 2.13. The molecule has 0 unspecified atom stereocenters. The summed E-state index contributed by atoms with van der Waals surface area (Å²) in [7, 11) is 0. The molecule has 0 amide bonds. The van der Waals surface area contributed by atoms with Gasteiger partial charge < -0.3 is 14.7 Å². The van der Waals surface area contributed by atoms with E-state index in [2.05, 4.69) is 9.88 Å². The van der Waals surface area contributed by atoms with Crippen LogP contribution in [0.25, 0.3) is 0 Å². The minimum atomic E-state index is -0.855. The molecule has 1 saturated heterocycles. The van der Waals surface area contributed by atoms with Crippen LogP contribution in [0.15, 0.2) is 18.2 Å². The van der Waals surface area contributed by atoms with Crippen LogP contribution in [0.5, 0.6) is 0 Å². The van der Waals surface area contributed by atoms with Gasteiger partial charge in [-0.05, 0) is 12.1 Å². The smallest absolute Gasteiger partial charge is 0.309 e. The zero-order chi connectivity index (χ0) is 11.4. The zero-order valence-electron chi connectivity index (χ0n) is 8.93. The van der Waals surface area contributed by atoms with Crippen molar-refractivity contribution in [2.24, 2.45) is 0 Å². The summed E-state index contributed by atoms with van der Waals surface area (Å²) in [5.41, 5.74) is 0.594. The minimum absolute atomic E-state index is 0.0296. The average Bonchev–Trinajstić information content (AvgIpc) is 2.30. The van der Waals surface area contributed by atoms with Gasteiger partial charge in [0, 0.05) is 13.1 Å². The van der Waals surface area contributed by atoms with Crippen molar-refractivity contribution >= 4 is 11.8 Å². The Morgan fingerprint density at radius 3 is 2.88 bits per heavy atom. The fourth-order valence-electron chi connectivity index (χ4n) is 1.69. The summed E-state index contributed by atoms with van der Waals surface area (Å²) in [6.45, 7) is 3.02. The Kier molecular flexibility index (Phi) is 3.36. The van der Waals surface area contributed by atoms with Gasteiger partial charge >= 0.3 is 5.97 Å². The number of carboxylic acids is 1. The van der Waals surface area contributed by atoms with Gasteiger partial charge in [-0.2, -0.15) is 0 Å². The summed E-state index contributed by atoms with van der Waals surface area (Å²) in [6, 6.07) is 5.48. The first-order valence-corrected chi connectivity index (χ1v) is 5.26. The van der Waals surface area contributed by atoms with E-state index in [4.69, 9.17) is 9.84 Å². The molecule has 1 aromatic heterocycles. The van der Waals surface area contributed by atoms with Gasteiger partial charge in [0.25, 0.3) is 0 Å². The van der Waals surface area contributed by atoms with Gasteiger partial charge in [-0.1, -0.05) is 6.07 Å². The Morgan fingerprint density at radius 1 is 1.44 bits per heavy atom. The number of aromatic nitrogens is 1. The van der Waals surface area contributed by atoms with Crippen LogP contribution in [0.3, 0.4) is 0 Å². The Morgan fingerprint density at radius 2 is 2.19 bits per heavy atom. The van der Waals surface area contributed by atoms with Gasteiger partial charge in [0.15, 0.2) is 0 Å². The quantitative estimate of drug-likeness (QED) is 0.809. The molecule has 0 saturated carbocycles. The minimum Gasteiger partial charge on any atom is -0.481 e. The third-order valence-electron chi connectivity index (χ3n) is 2.46. The fourth-order valence-corrected chi connectivity index (χ4v) is 1.69. The summed E-state index contributed by atoms with van der Waals surface area (Å²) in [5, 5.41) is 8.69. The molecule has 86 valence electrons. The normalized spacial score (nSPS) is 16.1. The lowest BCUT2D eigenvalue weighted by atomic mass is 10.2. The molecule has 1 fully saturated rings. The summed E-state index contributed by atoms with van der Waals surface area (Å²) >= 11 is 0. The summed E-state index contributed by atoms with van der Waals surface area (Å²) in [5.74, 6) is -0.0197. The number of hydrogen-bond donors (Lipinski definition) is 1. The first-order chi connectivity index (χ1) is 7.75. The SMILES string of the molecule is O=C(O)Cc1cccc(N2CCOCC2)n1. The third kappa shape index (κ3) is 2.70. The average molecular weight is 222 g/mol. The molecule has 0 spiro atoms. The van der Waals surface area contributed by atoms with Crippen molar-refractivity contribution in [2.45, 2.75) is 6.42 Å². The molecule has 16 heavy (non-hydrogen) atoms. The van der Waals surface area contributed by atoms with E-state index in [0.29, 0.717) is 18.9 Å². The Bertz CT molecular complexity index is 375. The number of carboxylic acid groups (broad SMARTS) is 1.